The number of amides is 3. The van der Waals surface area contributed by atoms with Gasteiger partial charge in [-0.25, -0.2) is 0 Å². The van der Waals surface area contributed by atoms with E-state index in [4.69, 9.17) is 4.74 Å². The van der Waals surface area contributed by atoms with Crippen LogP contribution in [0.2, 0.25) is 0 Å². The Kier molecular flexibility index (Phi) is 15.3. The number of aliphatic hydroxyl groups is 2. The van der Waals surface area contributed by atoms with Gasteiger partial charge in [0.05, 0.1) is 17.6 Å². The van der Waals surface area contributed by atoms with Crippen molar-refractivity contribution in [2.45, 2.75) is 69.9 Å². The number of carbonyl (C=O) groups excluding carboxylic acids is 3. The number of hydrogen-bond acceptors (Lipinski definition) is 8. The molecule has 40 heavy (non-hydrogen) atoms. The van der Waals surface area contributed by atoms with Crippen molar-refractivity contribution in [3.63, 3.8) is 0 Å². The SMILES string of the molecule is CCCCSC[C@@H](NC(=O)c1cccnc1)C(=O)N[C@@H](Cc1ccccc1)[C@@H](O)[C@H](O)[C@@H](CCOC)NC(C)=O. The van der Waals surface area contributed by atoms with E-state index in [9.17, 15) is 24.6 Å². The van der Waals surface area contributed by atoms with Crippen LogP contribution >= 0.6 is 11.8 Å². The number of methoxy groups -OCH3 is 1. The Morgan fingerprint density at radius 3 is 2.35 bits per heavy atom. The second-order valence-corrected chi connectivity index (χ2v) is 10.7. The van der Waals surface area contributed by atoms with Crippen LogP contribution in [0.3, 0.4) is 0 Å². The van der Waals surface area contributed by atoms with E-state index in [0.717, 1.165) is 24.2 Å². The van der Waals surface area contributed by atoms with E-state index in [2.05, 4.69) is 27.9 Å². The molecule has 0 spiro atoms. The van der Waals surface area contributed by atoms with Crippen molar-refractivity contribution in [1.82, 2.24) is 20.9 Å². The predicted octanol–water partition coefficient (Wildman–Crippen LogP) is 1.70. The molecular formula is C29H42N4O6S. The van der Waals surface area contributed by atoms with Crippen molar-refractivity contribution in [2.75, 3.05) is 25.2 Å². The van der Waals surface area contributed by atoms with Crippen LogP contribution in [0, 0.1) is 0 Å². The van der Waals surface area contributed by atoms with Gasteiger partial charge in [-0.1, -0.05) is 43.7 Å². The van der Waals surface area contributed by atoms with Crippen LogP contribution in [0.5, 0.6) is 0 Å². The molecule has 0 aliphatic rings. The summed E-state index contributed by atoms with van der Waals surface area (Å²) in [5.74, 6) is -0.124. The molecule has 3 amide bonds. The third kappa shape index (κ3) is 11.6. The monoisotopic (exact) mass is 574 g/mol. The lowest BCUT2D eigenvalue weighted by Gasteiger charge is -2.33. The average molecular weight is 575 g/mol. The Labute approximate surface area is 240 Å². The first kappa shape index (κ1) is 33.2. The summed E-state index contributed by atoms with van der Waals surface area (Å²) in [4.78, 5) is 42.2. The van der Waals surface area contributed by atoms with E-state index >= 15 is 0 Å². The van der Waals surface area contributed by atoms with Crippen LogP contribution in [-0.2, 0) is 20.7 Å². The van der Waals surface area contributed by atoms with Crippen molar-refractivity contribution >= 4 is 29.5 Å². The molecule has 0 aliphatic carbocycles. The van der Waals surface area contributed by atoms with Crippen molar-refractivity contribution in [2.24, 2.45) is 0 Å². The summed E-state index contributed by atoms with van der Waals surface area (Å²) in [7, 11) is 1.50. The molecule has 0 radical (unpaired) electrons. The molecule has 1 heterocycles. The Morgan fingerprint density at radius 1 is 1.00 bits per heavy atom. The molecule has 5 atom stereocenters. The highest BCUT2D eigenvalue weighted by atomic mass is 32.2. The number of pyridine rings is 1. The van der Waals surface area contributed by atoms with Gasteiger partial charge in [0.1, 0.15) is 18.2 Å². The molecule has 1 aromatic heterocycles. The van der Waals surface area contributed by atoms with Crippen LogP contribution in [0.25, 0.3) is 0 Å². The summed E-state index contributed by atoms with van der Waals surface area (Å²) in [5.41, 5.74) is 1.16. The predicted molar refractivity (Wildman–Crippen MR) is 156 cm³/mol. The Morgan fingerprint density at radius 2 is 1.73 bits per heavy atom. The zero-order valence-corrected chi connectivity index (χ0v) is 24.2. The number of carbonyl (C=O) groups is 3. The first-order valence-corrected chi connectivity index (χ1v) is 14.7. The first-order chi connectivity index (χ1) is 19.3. The molecule has 2 rings (SSSR count). The molecule has 0 fully saturated rings. The number of thioether (sulfide) groups is 1. The van der Waals surface area contributed by atoms with Gasteiger partial charge in [-0.15, -0.1) is 0 Å². The summed E-state index contributed by atoms with van der Waals surface area (Å²) >= 11 is 1.55. The van der Waals surface area contributed by atoms with Gasteiger partial charge in [-0.05, 0) is 42.7 Å². The Hall–Kier alpha value is -2.99. The average Bonchev–Trinajstić information content (AvgIpc) is 2.96. The maximum Gasteiger partial charge on any atom is 0.253 e. The van der Waals surface area contributed by atoms with E-state index < -0.39 is 42.1 Å². The minimum absolute atomic E-state index is 0.216. The molecule has 5 N–H and O–H groups in total. The number of nitrogens with zero attached hydrogens (tertiary/aromatic N) is 1. The highest BCUT2D eigenvalue weighted by molar-refractivity contribution is 7.99. The fourth-order valence-corrected chi connectivity index (χ4v) is 5.22. The van der Waals surface area contributed by atoms with Gasteiger partial charge in [0, 0.05) is 38.8 Å². The van der Waals surface area contributed by atoms with Gasteiger partial charge >= 0.3 is 0 Å². The maximum absolute atomic E-state index is 13.6. The van der Waals surface area contributed by atoms with Crippen LogP contribution < -0.4 is 16.0 Å². The number of aromatic nitrogens is 1. The molecule has 220 valence electrons. The van der Waals surface area contributed by atoms with Gasteiger partial charge in [0.2, 0.25) is 11.8 Å². The van der Waals surface area contributed by atoms with E-state index in [-0.39, 0.29) is 25.4 Å². The van der Waals surface area contributed by atoms with Gasteiger partial charge in [0.25, 0.3) is 5.91 Å². The molecule has 0 saturated heterocycles. The topological polar surface area (TPSA) is 150 Å². The lowest BCUT2D eigenvalue weighted by Crippen LogP contribution is -2.59. The quantitative estimate of drug-likeness (QED) is 0.169. The summed E-state index contributed by atoms with van der Waals surface area (Å²) in [6.45, 7) is 3.66. The Bertz CT molecular complexity index is 1030. The lowest BCUT2D eigenvalue weighted by molar-refractivity contribution is -0.126. The second-order valence-electron chi connectivity index (χ2n) is 9.57. The molecule has 0 aliphatic heterocycles. The number of aliphatic hydroxyl groups excluding tert-OH is 2. The smallest absolute Gasteiger partial charge is 0.253 e. The van der Waals surface area contributed by atoms with Crippen LogP contribution in [0.4, 0.5) is 0 Å². The third-order valence-electron chi connectivity index (χ3n) is 6.29. The number of hydrogen-bond donors (Lipinski definition) is 5. The maximum atomic E-state index is 13.6. The molecule has 10 nitrogen and oxygen atoms in total. The highest BCUT2D eigenvalue weighted by Gasteiger charge is 2.35. The molecule has 0 saturated carbocycles. The second kappa shape index (κ2) is 18.4. The van der Waals surface area contributed by atoms with Gasteiger partial charge < -0.3 is 30.9 Å². The van der Waals surface area contributed by atoms with Gasteiger partial charge in [-0.2, -0.15) is 11.8 Å². The van der Waals surface area contributed by atoms with E-state index in [0.29, 0.717) is 11.3 Å². The zero-order valence-electron chi connectivity index (χ0n) is 23.4. The normalized spacial score (nSPS) is 14.8. The largest absolute Gasteiger partial charge is 0.388 e. The molecule has 0 unspecified atom stereocenters. The number of ether oxygens (including phenoxy) is 1. The molecule has 1 aromatic carbocycles. The number of unbranched alkanes of at least 4 members (excludes halogenated alkanes) is 1. The summed E-state index contributed by atoms with van der Waals surface area (Å²) in [5, 5.41) is 30.7. The molecule has 0 bridgehead atoms. The van der Waals surface area contributed by atoms with Crippen molar-refractivity contribution < 1.29 is 29.3 Å². The van der Waals surface area contributed by atoms with E-state index in [1.165, 1.54) is 20.2 Å². The van der Waals surface area contributed by atoms with Crippen molar-refractivity contribution in [1.29, 1.82) is 0 Å². The van der Waals surface area contributed by atoms with Crippen LogP contribution in [-0.4, -0.2) is 88.5 Å². The number of benzene rings is 1. The molecular weight excluding hydrogens is 532 g/mol. The summed E-state index contributed by atoms with van der Waals surface area (Å²) < 4.78 is 5.10. The zero-order chi connectivity index (χ0) is 29.3. The third-order valence-corrected chi connectivity index (χ3v) is 7.44. The standard InChI is InChI=1S/C29H42N4O6S/c1-4-5-16-40-19-25(33-28(37)22-12-9-14-30-18-22)29(38)32-24(17-21-10-7-6-8-11-21)27(36)26(35)23(13-15-39-3)31-20(2)34/h6-12,14,18,23-27,35-36H,4-5,13,15-17,19H2,1-3H3,(H,31,34)(H,32,38)(H,33,37)/t23-,24+,25-,26-,27-/m1/s1. The van der Waals surface area contributed by atoms with E-state index in [1.807, 2.05) is 30.3 Å². The van der Waals surface area contributed by atoms with Gasteiger partial charge in [0.15, 0.2) is 0 Å². The van der Waals surface area contributed by atoms with Crippen molar-refractivity contribution in [3.05, 3.63) is 66.0 Å². The number of rotatable bonds is 18. The summed E-state index contributed by atoms with van der Waals surface area (Å²) in [6.07, 6.45) is 2.62. The van der Waals surface area contributed by atoms with E-state index in [1.54, 1.807) is 30.1 Å². The number of nitrogens with one attached hydrogen (secondary N) is 3. The first-order valence-electron chi connectivity index (χ1n) is 13.5. The molecule has 2 aromatic rings. The minimum atomic E-state index is -1.43. The van der Waals surface area contributed by atoms with Crippen LogP contribution in [0.1, 0.15) is 49.0 Å². The fourth-order valence-electron chi connectivity index (χ4n) is 4.09. The van der Waals surface area contributed by atoms with Crippen LogP contribution in [0.15, 0.2) is 54.9 Å². The minimum Gasteiger partial charge on any atom is -0.388 e. The molecule has 11 heteroatoms. The fraction of sp³-hybridized carbons (Fsp3) is 0.517. The Balaban J connectivity index is 2.27. The van der Waals surface area contributed by atoms with Gasteiger partial charge in [-0.3, -0.25) is 19.4 Å². The summed E-state index contributed by atoms with van der Waals surface area (Å²) in [6, 6.07) is 9.91. The van der Waals surface area contributed by atoms with Crippen molar-refractivity contribution in [3.8, 4) is 0 Å². The highest BCUT2D eigenvalue weighted by Crippen LogP contribution is 2.15. The lowest BCUT2D eigenvalue weighted by atomic mass is 9.92.